The molecule has 1 saturated heterocycles. The summed E-state index contributed by atoms with van der Waals surface area (Å²) in [7, 11) is 1.67. The number of likely N-dealkylation sites (tertiary alicyclic amines) is 1. The number of benzene rings is 2. The molecule has 31 heavy (non-hydrogen) atoms. The number of para-hydroxylation sites is 2. The van der Waals surface area contributed by atoms with Crippen LogP contribution in [0.5, 0.6) is 11.5 Å². The number of carbonyl (C=O) groups is 1. The number of hydrogen-bond donors (Lipinski definition) is 2. The maximum absolute atomic E-state index is 13.4. The predicted molar refractivity (Wildman–Crippen MR) is 118 cm³/mol. The number of amides is 1. The van der Waals surface area contributed by atoms with Gasteiger partial charge in [0.05, 0.1) is 31.1 Å². The smallest absolute Gasteiger partial charge is 0.254 e. The maximum Gasteiger partial charge on any atom is 0.254 e. The lowest BCUT2D eigenvalue weighted by Crippen LogP contribution is -2.62. The van der Waals surface area contributed by atoms with E-state index in [1.807, 2.05) is 23.1 Å². The Morgan fingerprint density at radius 3 is 2.90 bits per heavy atom. The molecular formula is C23H26N4O4. The Bertz CT molecular complexity index is 1020. The molecule has 2 aromatic carbocycles. The summed E-state index contributed by atoms with van der Waals surface area (Å²) in [5.74, 6) is 2.13. The van der Waals surface area contributed by atoms with Gasteiger partial charge in [0.2, 0.25) is 6.79 Å². The van der Waals surface area contributed by atoms with Crippen molar-refractivity contribution in [3.63, 3.8) is 0 Å². The zero-order chi connectivity index (χ0) is 21.3. The number of rotatable bonds is 4. The van der Waals surface area contributed by atoms with Crippen LogP contribution in [0.15, 0.2) is 47.5 Å². The van der Waals surface area contributed by atoms with Crippen molar-refractivity contribution in [1.82, 2.24) is 4.90 Å². The van der Waals surface area contributed by atoms with E-state index in [2.05, 4.69) is 16.7 Å². The highest BCUT2D eigenvalue weighted by molar-refractivity contribution is 6.10. The van der Waals surface area contributed by atoms with Crippen molar-refractivity contribution < 1.29 is 19.0 Å². The second kappa shape index (κ2) is 8.11. The van der Waals surface area contributed by atoms with Gasteiger partial charge in [0.15, 0.2) is 11.5 Å². The topological polar surface area (TPSA) is 84.4 Å². The number of fused-ring (bicyclic) bond motifs is 2. The molecule has 1 atom stereocenters. The summed E-state index contributed by atoms with van der Waals surface area (Å²) in [5.41, 5.74) is 2.14. The number of nitrogens with one attached hydrogen (secondary N) is 2. The normalized spacial score (nSPS) is 22.7. The van der Waals surface area contributed by atoms with Crippen molar-refractivity contribution in [3.8, 4) is 11.5 Å². The van der Waals surface area contributed by atoms with Crippen LogP contribution in [-0.4, -0.2) is 62.3 Å². The first kappa shape index (κ1) is 19.7. The highest BCUT2D eigenvalue weighted by Gasteiger charge is 2.44. The Kier molecular flexibility index (Phi) is 5.15. The van der Waals surface area contributed by atoms with E-state index in [-0.39, 0.29) is 12.7 Å². The lowest BCUT2D eigenvalue weighted by atomic mass is 9.85. The van der Waals surface area contributed by atoms with E-state index >= 15 is 0 Å². The number of methoxy groups -OCH3 is 1. The Morgan fingerprint density at radius 2 is 2.03 bits per heavy atom. The van der Waals surface area contributed by atoms with E-state index in [4.69, 9.17) is 19.2 Å². The van der Waals surface area contributed by atoms with Crippen LogP contribution in [0.1, 0.15) is 23.2 Å². The molecule has 8 nitrogen and oxygen atoms in total. The number of carbonyl (C=O) groups excluding carboxylic acids is 1. The minimum atomic E-state index is -0.466. The fourth-order valence-electron chi connectivity index (χ4n) is 4.44. The number of ether oxygens (including phenoxy) is 3. The van der Waals surface area contributed by atoms with E-state index in [0.717, 1.165) is 30.1 Å². The van der Waals surface area contributed by atoms with Crippen molar-refractivity contribution in [2.24, 2.45) is 4.99 Å². The molecule has 0 unspecified atom stereocenters. The summed E-state index contributed by atoms with van der Waals surface area (Å²) < 4.78 is 16.0. The van der Waals surface area contributed by atoms with E-state index < -0.39 is 5.54 Å². The third-order valence-electron chi connectivity index (χ3n) is 5.97. The lowest BCUT2D eigenvalue weighted by Gasteiger charge is -2.47. The molecule has 0 aromatic heterocycles. The quantitative estimate of drug-likeness (QED) is 0.737. The molecule has 0 radical (unpaired) electrons. The first-order valence-corrected chi connectivity index (χ1v) is 10.6. The molecule has 1 fully saturated rings. The predicted octanol–water partition coefficient (Wildman–Crippen LogP) is 2.97. The third kappa shape index (κ3) is 3.67. The minimum absolute atomic E-state index is 0.0192. The Hall–Kier alpha value is -3.26. The molecule has 3 aliphatic rings. The number of amidine groups is 1. The fraction of sp³-hybridized carbons (Fsp3) is 0.391. The van der Waals surface area contributed by atoms with Crippen LogP contribution in [0.4, 0.5) is 11.4 Å². The van der Waals surface area contributed by atoms with Gasteiger partial charge in [-0.1, -0.05) is 12.1 Å². The first-order chi connectivity index (χ1) is 15.2. The van der Waals surface area contributed by atoms with Crippen LogP contribution in [0.25, 0.3) is 0 Å². The third-order valence-corrected chi connectivity index (χ3v) is 5.97. The van der Waals surface area contributed by atoms with Gasteiger partial charge in [-0.25, -0.2) is 0 Å². The van der Waals surface area contributed by atoms with E-state index in [0.29, 0.717) is 43.3 Å². The van der Waals surface area contributed by atoms with Crippen molar-refractivity contribution in [2.75, 3.05) is 50.8 Å². The minimum Gasteiger partial charge on any atom is -0.454 e. The average Bonchev–Trinajstić information content (AvgIpc) is 3.27. The summed E-state index contributed by atoms with van der Waals surface area (Å²) in [6, 6.07) is 13.4. The Morgan fingerprint density at radius 1 is 1.19 bits per heavy atom. The summed E-state index contributed by atoms with van der Waals surface area (Å²) >= 11 is 0. The Labute approximate surface area is 181 Å². The van der Waals surface area contributed by atoms with Gasteiger partial charge in [-0.05, 0) is 43.2 Å². The van der Waals surface area contributed by atoms with Gasteiger partial charge in [-0.15, -0.1) is 0 Å². The molecule has 3 aliphatic heterocycles. The maximum atomic E-state index is 13.4. The molecule has 0 bridgehead atoms. The molecule has 1 spiro atoms. The highest BCUT2D eigenvalue weighted by Crippen LogP contribution is 2.37. The Balaban J connectivity index is 1.43. The molecule has 5 rings (SSSR count). The number of piperidine rings is 1. The summed E-state index contributed by atoms with van der Waals surface area (Å²) in [4.78, 5) is 20.1. The first-order valence-electron chi connectivity index (χ1n) is 10.6. The largest absolute Gasteiger partial charge is 0.454 e. The second-order valence-corrected chi connectivity index (χ2v) is 8.00. The molecule has 2 aromatic rings. The zero-order valence-electron chi connectivity index (χ0n) is 17.5. The number of aliphatic imine (C=N–C) groups is 1. The number of hydrogen-bond acceptors (Lipinski definition) is 6. The van der Waals surface area contributed by atoms with Gasteiger partial charge in [0.1, 0.15) is 11.4 Å². The fourth-order valence-corrected chi connectivity index (χ4v) is 4.44. The van der Waals surface area contributed by atoms with Crippen LogP contribution in [-0.2, 0) is 4.74 Å². The zero-order valence-corrected chi connectivity index (χ0v) is 17.5. The summed E-state index contributed by atoms with van der Waals surface area (Å²) in [6.45, 7) is 2.51. The molecule has 0 aliphatic carbocycles. The molecule has 0 saturated carbocycles. The standard InChI is InChI=1S/C23H26N4O4/c1-29-12-10-24-22-23(26-18-6-3-2-5-17(18)25-22)9-4-11-27(14-23)21(28)16-7-8-19-20(13-16)31-15-30-19/h2-3,5-8,13,26H,4,9-12,14-15H2,1H3,(H,24,25)/t23-/m1/s1. The van der Waals surface area contributed by atoms with E-state index in [9.17, 15) is 4.79 Å². The van der Waals surface area contributed by atoms with Crippen LogP contribution < -0.4 is 20.1 Å². The summed E-state index contributed by atoms with van der Waals surface area (Å²) in [5, 5.41) is 7.20. The van der Waals surface area contributed by atoms with Crippen molar-refractivity contribution in [3.05, 3.63) is 48.0 Å². The SMILES string of the molecule is COCCN=C1Nc2ccccc2N[C@@]12CCCN(C(=O)c1ccc3c(c1)OCO3)C2. The van der Waals surface area contributed by atoms with Gasteiger partial charge in [0.25, 0.3) is 5.91 Å². The van der Waals surface area contributed by atoms with Crippen molar-refractivity contribution >= 4 is 23.1 Å². The van der Waals surface area contributed by atoms with Gasteiger partial charge in [0, 0.05) is 19.2 Å². The number of anilines is 2. The number of nitrogens with zero attached hydrogens (tertiary/aromatic N) is 2. The highest BCUT2D eigenvalue weighted by atomic mass is 16.7. The second-order valence-electron chi connectivity index (χ2n) is 8.00. The van der Waals surface area contributed by atoms with Crippen molar-refractivity contribution in [2.45, 2.75) is 18.4 Å². The van der Waals surface area contributed by atoms with Crippen LogP contribution in [0.3, 0.4) is 0 Å². The van der Waals surface area contributed by atoms with Gasteiger partial charge in [-0.3, -0.25) is 9.79 Å². The van der Waals surface area contributed by atoms with Crippen LogP contribution in [0.2, 0.25) is 0 Å². The summed E-state index contributed by atoms with van der Waals surface area (Å²) in [6.07, 6.45) is 1.75. The average molecular weight is 422 g/mol. The van der Waals surface area contributed by atoms with Crippen molar-refractivity contribution in [1.29, 1.82) is 0 Å². The monoisotopic (exact) mass is 422 g/mol. The molecule has 2 N–H and O–H groups in total. The van der Waals surface area contributed by atoms with Crippen LogP contribution >= 0.6 is 0 Å². The molecule has 8 heteroatoms. The van der Waals surface area contributed by atoms with E-state index in [1.54, 1.807) is 25.3 Å². The van der Waals surface area contributed by atoms with E-state index in [1.165, 1.54) is 0 Å². The molecule has 162 valence electrons. The molecular weight excluding hydrogens is 396 g/mol. The molecule has 3 heterocycles. The van der Waals surface area contributed by atoms with Gasteiger partial charge >= 0.3 is 0 Å². The van der Waals surface area contributed by atoms with Crippen LogP contribution in [0, 0.1) is 0 Å². The molecule has 1 amide bonds. The lowest BCUT2D eigenvalue weighted by molar-refractivity contribution is 0.0694. The van der Waals surface area contributed by atoms with Gasteiger partial charge < -0.3 is 29.7 Å². The van der Waals surface area contributed by atoms with Gasteiger partial charge in [-0.2, -0.15) is 0 Å².